The van der Waals surface area contributed by atoms with Gasteiger partial charge in [-0.25, -0.2) is 4.39 Å². The second-order valence-corrected chi connectivity index (χ2v) is 4.37. The second kappa shape index (κ2) is 4.29. The van der Waals surface area contributed by atoms with E-state index in [-0.39, 0.29) is 11.5 Å². The van der Waals surface area contributed by atoms with Gasteiger partial charge in [0.1, 0.15) is 5.82 Å². The van der Waals surface area contributed by atoms with Crippen molar-refractivity contribution in [1.82, 2.24) is 0 Å². The van der Waals surface area contributed by atoms with Crippen LogP contribution in [0.25, 0.3) is 0 Å². The Balaban J connectivity index is 2.38. The molecule has 0 spiro atoms. The molecule has 94 valence electrons. The topological polar surface area (TPSA) is 20.2 Å². The molecule has 2 rings (SSSR count). The fraction of sp³-hybridized carbons (Fsp3) is 0.500. The minimum atomic E-state index is -4.64. The van der Waals surface area contributed by atoms with Gasteiger partial charge in [-0.3, -0.25) is 0 Å². The molecule has 1 unspecified atom stereocenters. The van der Waals surface area contributed by atoms with Crippen molar-refractivity contribution in [2.24, 2.45) is 5.92 Å². The van der Waals surface area contributed by atoms with Crippen LogP contribution in [0.3, 0.4) is 0 Å². The maximum atomic E-state index is 12.9. The first kappa shape index (κ1) is 12.4. The zero-order valence-electron chi connectivity index (χ0n) is 8.97. The van der Waals surface area contributed by atoms with Crippen molar-refractivity contribution in [3.63, 3.8) is 0 Å². The van der Waals surface area contributed by atoms with Gasteiger partial charge in [0.15, 0.2) is 0 Å². The predicted octanol–water partition coefficient (Wildman–Crippen LogP) is 3.68. The van der Waals surface area contributed by atoms with Crippen LogP contribution in [0.5, 0.6) is 0 Å². The van der Waals surface area contributed by atoms with Gasteiger partial charge in [0, 0.05) is 0 Å². The third-order valence-corrected chi connectivity index (χ3v) is 3.24. The van der Waals surface area contributed by atoms with Crippen LogP contribution in [0, 0.1) is 11.7 Å². The molecule has 0 saturated heterocycles. The van der Waals surface area contributed by atoms with Gasteiger partial charge in [0.05, 0.1) is 11.7 Å². The molecule has 0 bridgehead atoms. The number of benzene rings is 1. The highest BCUT2D eigenvalue weighted by Gasteiger charge is 2.38. The molecule has 1 N–H and O–H groups in total. The van der Waals surface area contributed by atoms with Crippen molar-refractivity contribution in [1.29, 1.82) is 0 Å². The summed E-state index contributed by atoms with van der Waals surface area (Å²) in [5, 5.41) is 9.85. The van der Waals surface area contributed by atoms with Gasteiger partial charge in [-0.1, -0.05) is 12.5 Å². The standard InChI is InChI=1S/C12H12F4O/c13-8-4-5-9(10(6-8)12(14,15)16)11(17)7-2-1-3-7/h4-7,11,17H,1-3H2. The second-order valence-electron chi connectivity index (χ2n) is 4.37. The van der Waals surface area contributed by atoms with Crippen LogP contribution in [-0.2, 0) is 6.18 Å². The summed E-state index contributed by atoms with van der Waals surface area (Å²) >= 11 is 0. The van der Waals surface area contributed by atoms with E-state index in [0.29, 0.717) is 6.07 Å². The molecule has 1 saturated carbocycles. The summed E-state index contributed by atoms with van der Waals surface area (Å²) < 4.78 is 50.9. The molecule has 0 aromatic heterocycles. The molecular weight excluding hydrogens is 236 g/mol. The van der Waals surface area contributed by atoms with Crippen molar-refractivity contribution >= 4 is 0 Å². The van der Waals surface area contributed by atoms with Crippen LogP contribution in [0.2, 0.25) is 0 Å². The number of hydrogen-bond acceptors (Lipinski definition) is 1. The number of hydrogen-bond donors (Lipinski definition) is 1. The van der Waals surface area contributed by atoms with Crippen molar-refractivity contribution in [3.8, 4) is 0 Å². The lowest BCUT2D eigenvalue weighted by atomic mass is 9.78. The van der Waals surface area contributed by atoms with Gasteiger partial charge in [0.25, 0.3) is 0 Å². The highest BCUT2D eigenvalue weighted by molar-refractivity contribution is 5.32. The van der Waals surface area contributed by atoms with E-state index in [9.17, 15) is 22.7 Å². The van der Waals surface area contributed by atoms with Crippen molar-refractivity contribution in [3.05, 3.63) is 35.1 Å². The maximum absolute atomic E-state index is 12.9. The van der Waals surface area contributed by atoms with E-state index < -0.39 is 23.7 Å². The SMILES string of the molecule is OC(c1ccc(F)cc1C(F)(F)F)C1CCC1. The first-order valence-electron chi connectivity index (χ1n) is 5.44. The zero-order valence-corrected chi connectivity index (χ0v) is 8.97. The van der Waals surface area contributed by atoms with E-state index in [4.69, 9.17) is 0 Å². The third kappa shape index (κ3) is 2.44. The average molecular weight is 248 g/mol. The van der Waals surface area contributed by atoms with Crippen LogP contribution in [0.15, 0.2) is 18.2 Å². The van der Waals surface area contributed by atoms with E-state index in [1.165, 1.54) is 0 Å². The lowest BCUT2D eigenvalue weighted by Crippen LogP contribution is -2.23. The van der Waals surface area contributed by atoms with Gasteiger partial charge in [-0.2, -0.15) is 13.2 Å². The molecule has 0 aliphatic heterocycles. The van der Waals surface area contributed by atoms with E-state index in [1.807, 2.05) is 0 Å². The van der Waals surface area contributed by atoms with Gasteiger partial charge < -0.3 is 5.11 Å². The highest BCUT2D eigenvalue weighted by Crippen LogP contribution is 2.42. The Morgan fingerprint density at radius 1 is 1.24 bits per heavy atom. The first-order valence-corrected chi connectivity index (χ1v) is 5.44. The van der Waals surface area contributed by atoms with Gasteiger partial charge >= 0.3 is 6.18 Å². The number of aliphatic hydroxyl groups excluding tert-OH is 1. The Bertz CT molecular complexity index is 409. The minimum absolute atomic E-state index is 0.137. The van der Waals surface area contributed by atoms with E-state index >= 15 is 0 Å². The fourth-order valence-electron chi connectivity index (χ4n) is 2.04. The monoisotopic (exact) mass is 248 g/mol. The van der Waals surface area contributed by atoms with E-state index in [1.54, 1.807) is 0 Å². The molecule has 1 atom stereocenters. The molecule has 0 heterocycles. The Morgan fingerprint density at radius 2 is 1.88 bits per heavy atom. The third-order valence-electron chi connectivity index (χ3n) is 3.24. The van der Waals surface area contributed by atoms with E-state index in [2.05, 4.69) is 0 Å². The van der Waals surface area contributed by atoms with Gasteiger partial charge in [-0.15, -0.1) is 0 Å². The summed E-state index contributed by atoms with van der Waals surface area (Å²) in [6.45, 7) is 0. The zero-order chi connectivity index (χ0) is 12.6. The largest absolute Gasteiger partial charge is 0.416 e. The minimum Gasteiger partial charge on any atom is -0.388 e. The lowest BCUT2D eigenvalue weighted by Gasteiger charge is -2.31. The quantitative estimate of drug-likeness (QED) is 0.791. The fourth-order valence-corrected chi connectivity index (χ4v) is 2.04. The van der Waals surface area contributed by atoms with Crippen LogP contribution in [0.1, 0.15) is 36.5 Å². The summed E-state index contributed by atoms with van der Waals surface area (Å²) in [5.74, 6) is -1.08. The molecule has 0 radical (unpaired) electrons. The number of halogens is 4. The summed E-state index contributed by atoms with van der Waals surface area (Å²) in [6, 6.07) is 2.42. The molecule has 1 aliphatic rings. The summed E-state index contributed by atoms with van der Waals surface area (Å²) in [6.07, 6.45) is -3.43. The lowest BCUT2D eigenvalue weighted by molar-refractivity contribution is -0.140. The molecule has 1 aromatic rings. The Labute approximate surface area is 96.1 Å². The molecule has 17 heavy (non-hydrogen) atoms. The normalized spacial score (nSPS) is 18.9. The first-order chi connectivity index (χ1) is 7.89. The van der Waals surface area contributed by atoms with Crippen molar-refractivity contribution in [2.75, 3.05) is 0 Å². The van der Waals surface area contributed by atoms with Crippen LogP contribution >= 0.6 is 0 Å². The van der Waals surface area contributed by atoms with Crippen LogP contribution in [-0.4, -0.2) is 5.11 Å². The molecule has 1 aliphatic carbocycles. The Morgan fingerprint density at radius 3 is 2.35 bits per heavy atom. The average Bonchev–Trinajstić information content (AvgIpc) is 2.13. The Kier molecular flexibility index (Phi) is 3.12. The van der Waals surface area contributed by atoms with Crippen molar-refractivity contribution < 1.29 is 22.7 Å². The molecule has 0 amide bonds. The Hall–Kier alpha value is -1.10. The number of alkyl halides is 3. The smallest absolute Gasteiger partial charge is 0.388 e. The van der Waals surface area contributed by atoms with E-state index in [0.717, 1.165) is 31.4 Å². The summed E-state index contributed by atoms with van der Waals surface area (Å²) in [5.41, 5.74) is -1.29. The van der Waals surface area contributed by atoms with Crippen LogP contribution < -0.4 is 0 Å². The van der Waals surface area contributed by atoms with Gasteiger partial charge in [-0.05, 0) is 36.5 Å². The molecular formula is C12H12F4O. The number of rotatable bonds is 2. The van der Waals surface area contributed by atoms with Crippen LogP contribution in [0.4, 0.5) is 17.6 Å². The van der Waals surface area contributed by atoms with Crippen molar-refractivity contribution in [2.45, 2.75) is 31.5 Å². The molecule has 1 fully saturated rings. The molecule has 1 aromatic carbocycles. The molecule has 5 heteroatoms. The summed E-state index contributed by atoms with van der Waals surface area (Å²) in [4.78, 5) is 0. The summed E-state index contributed by atoms with van der Waals surface area (Å²) in [7, 11) is 0. The predicted molar refractivity (Wildman–Crippen MR) is 53.7 cm³/mol. The number of aliphatic hydroxyl groups is 1. The molecule has 1 nitrogen and oxygen atoms in total. The highest BCUT2D eigenvalue weighted by atomic mass is 19.4. The maximum Gasteiger partial charge on any atom is 0.416 e. The van der Waals surface area contributed by atoms with Gasteiger partial charge in [0.2, 0.25) is 0 Å².